The molecule has 2 aromatic rings. The highest BCUT2D eigenvalue weighted by molar-refractivity contribution is 5.95. The molecule has 1 amide bonds. The molecule has 2 aromatic carbocycles. The third-order valence-electron chi connectivity index (χ3n) is 4.05. The van der Waals surface area contributed by atoms with Crippen LogP contribution in [0.4, 0.5) is 18.9 Å². The van der Waals surface area contributed by atoms with E-state index in [9.17, 15) is 18.0 Å². The van der Waals surface area contributed by atoms with Crippen molar-refractivity contribution in [3.8, 4) is 0 Å². The lowest BCUT2D eigenvalue weighted by Gasteiger charge is -2.22. The van der Waals surface area contributed by atoms with Gasteiger partial charge in [-0.15, -0.1) is 0 Å². The van der Waals surface area contributed by atoms with E-state index in [4.69, 9.17) is 0 Å². The van der Waals surface area contributed by atoms with Crippen LogP contribution in [0.1, 0.15) is 16.7 Å². The molecule has 1 aliphatic rings. The lowest BCUT2D eigenvalue weighted by Crippen LogP contribution is -2.35. The van der Waals surface area contributed by atoms with E-state index in [1.165, 1.54) is 12.1 Å². The minimum atomic E-state index is -4.36. The molecule has 24 heavy (non-hydrogen) atoms. The number of hydrogen-bond acceptors (Lipinski definition) is 2. The second kappa shape index (κ2) is 6.65. The number of fused-ring (bicyclic) bond motifs is 1. The van der Waals surface area contributed by atoms with Crippen molar-refractivity contribution in [1.82, 2.24) is 5.32 Å². The van der Waals surface area contributed by atoms with Gasteiger partial charge in [-0.25, -0.2) is 0 Å². The van der Waals surface area contributed by atoms with E-state index < -0.39 is 11.7 Å². The quantitative estimate of drug-likeness (QED) is 0.913. The van der Waals surface area contributed by atoms with Gasteiger partial charge in [0.1, 0.15) is 0 Å². The molecular formula is C18H17F3N2O. The zero-order chi connectivity index (χ0) is 17.2. The summed E-state index contributed by atoms with van der Waals surface area (Å²) in [6.07, 6.45) is -4.29. The lowest BCUT2D eigenvalue weighted by molar-refractivity contribution is -0.137. The summed E-state index contributed by atoms with van der Waals surface area (Å²) in [6, 6.07) is 12.4. The van der Waals surface area contributed by atoms with Gasteiger partial charge in [-0.2, -0.15) is 13.2 Å². The van der Waals surface area contributed by atoms with Gasteiger partial charge in [-0.3, -0.25) is 4.79 Å². The Bertz CT molecular complexity index is 726. The molecule has 1 heterocycles. The Kier molecular flexibility index (Phi) is 4.57. The van der Waals surface area contributed by atoms with E-state index in [0.717, 1.165) is 23.4 Å². The third-order valence-corrected chi connectivity index (χ3v) is 4.05. The van der Waals surface area contributed by atoms with Crippen molar-refractivity contribution in [2.45, 2.75) is 19.1 Å². The lowest BCUT2D eigenvalue weighted by atomic mass is 10.1. The molecule has 0 radical (unpaired) electrons. The summed E-state index contributed by atoms with van der Waals surface area (Å²) in [5, 5.41) is 3.26. The number of carbonyl (C=O) groups is 1. The van der Waals surface area contributed by atoms with Crippen LogP contribution < -0.4 is 10.2 Å². The molecule has 0 fully saturated rings. The maximum atomic E-state index is 12.6. The zero-order valence-electron chi connectivity index (χ0n) is 12.9. The van der Waals surface area contributed by atoms with Gasteiger partial charge in [0, 0.05) is 25.3 Å². The second-order valence-corrected chi connectivity index (χ2v) is 5.72. The van der Waals surface area contributed by atoms with Crippen molar-refractivity contribution in [1.29, 1.82) is 0 Å². The number of benzene rings is 2. The van der Waals surface area contributed by atoms with Gasteiger partial charge in [0.2, 0.25) is 5.91 Å². The van der Waals surface area contributed by atoms with E-state index >= 15 is 0 Å². The van der Waals surface area contributed by atoms with E-state index in [0.29, 0.717) is 25.2 Å². The topological polar surface area (TPSA) is 32.3 Å². The summed E-state index contributed by atoms with van der Waals surface area (Å²) in [5.74, 6) is -0.120. The van der Waals surface area contributed by atoms with Gasteiger partial charge in [0.25, 0.3) is 0 Å². The molecule has 0 aromatic heterocycles. The molecule has 0 aliphatic carbocycles. The highest BCUT2D eigenvalue weighted by atomic mass is 19.4. The van der Waals surface area contributed by atoms with Crippen molar-refractivity contribution >= 4 is 11.6 Å². The van der Waals surface area contributed by atoms with Gasteiger partial charge in [0.15, 0.2) is 0 Å². The molecule has 0 spiro atoms. The molecule has 1 N–H and O–H groups in total. The molecule has 1 aliphatic heterocycles. The molecule has 3 rings (SSSR count). The van der Waals surface area contributed by atoms with Crippen molar-refractivity contribution in [3.63, 3.8) is 0 Å². The fraction of sp³-hybridized carbons (Fsp3) is 0.278. The third kappa shape index (κ3) is 3.59. The minimum absolute atomic E-state index is 0.0759. The predicted octanol–water partition coefficient (Wildman–Crippen LogP) is 3.38. The molecule has 0 saturated heterocycles. The van der Waals surface area contributed by atoms with Gasteiger partial charge >= 0.3 is 6.18 Å². The Morgan fingerprint density at radius 3 is 2.50 bits per heavy atom. The number of anilines is 1. The first kappa shape index (κ1) is 16.5. The van der Waals surface area contributed by atoms with Crippen LogP contribution in [0.15, 0.2) is 48.5 Å². The summed E-state index contributed by atoms with van der Waals surface area (Å²) in [7, 11) is 0. The van der Waals surface area contributed by atoms with Crippen LogP contribution in [-0.2, 0) is 23.9 Å². The van der Waals surface area contributed by atoms with Gasteiger partial charge in [-0.1, -0.05) is 30.3 Å². The number of hydrogen-bond donors (Lipinski definition) is 1. The zero-order valence-corrected chi connectivity index (χ0v) is 12.9. The van der Waals surface area contributed by atoms with Crippen LogP contribution in [0.2, 0.25) is 0 Å². The van der Waals surface area contributed by atoms with Crippen LogP contribution in [0.25, 0.3) is 0 Å². The van der Waals surface area contributed by atoms with Gasteiger partial charge < -0.3 is 10.2 Å². The Morgan fingerprint density at radius 2 is 1.79 bits per heavy atom. The summed E-state index contributed by atoms with van der Waals surface area (Å²) in [5.41, 5.74) is 1.76. The van der Waals surface area contributed by atoms with Crippen molar-refractivity contribution in [2.75, 3.05) is 18.0 Å². The molecule has 126 valence electrons. The summed E-state index contributed by atoms with van der Waals surface area (Å²) in [6.45, 7) is 1.91. The van der Waals surface area contributed by atoms with Gasteiger partial charge in [-0.05, 0) is 29.3 Å². The van der Waals surface area contributed by atoms with Crippen LogP contribution >= 0.6 is 0 Å². The molecular weight excluding hydrogens is 317 g/mol. The largest absolute Gasteiger partial charge is 0.416 e. The van der Waals surface area contributed by atoms with Crippen LogP contribution in [0, 0.1) is 0 Å². The first-order chi connectivity index (χ1) is 11.4. The van der Waals surface area contributed by atoms with Crippen LogP contribution in [-0.4, -0.2) is 19.0 Å². The molecule has 0 unspecified atom stereocenters. The molecule has 0 bridgehead atoms. The standard InChI is InChI=1S/C18H17F3N2O/c19-18(20,21)15-7-5-13(6-8-15)11-17(24)23-10-9-22-12-14-3-1-2-4-16(14)23/h1-8,22H,9-12H2. The number of rotatable bonds is 2. The van der Waals surface area contributed by atoms with E-state index in [1.807, 2.05) is 24.3 Å². The summed E-state index contributed by atoms with van der Waals surface area (Å²) < 4.78 is 37.8. The van der Waals surface area contributed by atoms with Crippen molar-refractivity contribution < 1.29 is 18.0 Å². The van der Waals surface area contributed by atoms with Crippen molar-refractivity contribution in [3.05, 3.63) is 65.2 Å². The number of nitrogens with one attached hydrogen (secondary N) is 1. The highest BCUT2D eigenvalue weighted by Crippen LogP contribution is 2.29. The second-order valence-electron chi connectivity index (χ2n) is 5.72. The smallest absolute Gasteiger partial charge is 0.311 e. The van der Waals surface area contributed by atoms with E-state index in [1.54, 1.807) is 4.90 Å². The molecule has 0 atom stereocenters. The highest BCUT2D eigenvalue weighted by Gasteiger charge is 2.30. The predicted molar refractivity (Wildman–Crippen MR) is 85.6 cm³/mol. The maximum absolute atomic E-state index is 12.6. The summed E-state index contributed by atoms with van der Waals surface area (Å²) in [4.78, 5) is 14.3. The average molecular weight is 334 g/mol. The van der Waals surface area contributed by atoms with Crippen LogP contribution in [0.3, 0.4) is 0 Å². The Morgan fingerprint density at radius 1 is 1.08 bits per heavy atom. The Balaban J connectivity index is 1.78. The van der Waals surface area contributed by atoms with Crippen molar-refractivity contribution in [2.24, 2.45) is 0 Å². The number of halogens is 3. The fourth-order valence-corrected chi connectivity index (χ4v) is 2.80. The normalized spacial score (nSPS) is 14.9. The number of amides is 1. The monoisotopic (exact) mass is 334 g/mol. The number of carbonyl (C=O) groups excluding carboxylic acids is 1. The summed E-state index contributed by atoms with van der Waals surface area (Å²) >= 11 is 0. The number of para-hydroxylation sites is 1. The maximum Gasteiger partial charge on any atom is 0.416 e. The SMILES string of the molecule is O=C(Cc1ccc(C(F)(F)F)cc1)N1CCNCc2ccccc21. The molecule has 0 saturated carbocycles. The fourth-order valence-electron chi connectivity index (χ4n) is 2.80. The van der Waals surface area contributed by atoms with E-state index in [2.05, 4.69) is 5.32 Å². The van der Waals surface area contributed by atoms with E-state index in [-0.39, 0.29) is 12.3 Å². The minimum Gasteiger partial charge on any atom is -0.311 e. The van der Waals surface area contributed by atoms with Crippen LogP contribution in [0.5, 0.6) is 0 Å². The van der Waals surface area contributed by atoms with Gasteiger partial charge in [0.05, 0.1) is 12.0 Å². The number of nitrogens with zero attached hydrogens (tertiary/aromatic N) is 1. The first-order valence-electron chi connectivity index (χ1n) is 7.70. The first-order valence-corrected chi connectivity index (χ1v) is 7.70. The average Bonchev–Trinajstić information content (AvgIpc) is 2.77. The molecule has 6 heteroatoms. The number of alkyl halides is 3. The molecule has 3 nitrogen and oxygen atoms in total. The Hall–Kier alpha value is -2.34. The Labute approximate surface area is 138 Å².